The van der Waals surface area contributed by atoms with E-state index in [0.717, 1.165) is 63.5 Å². The molecule has 1 amide bonds. The number of hydrogen-bond donors (Lipinski definition) is 0. The molecule has 2 heterocycles. The van der Waals surface area contributed by atoms with Crippen LogP contribution in [0.3, 0.4) is 0 Å². The summed E-state index contributed by atoms with van der Waals surface area (Å²) < 4.78 is 10.8. The van der Waals surface area contributed by atoms with Gasteiger partial charge in [0.25, 0.3) is 0 Å². The molecule has 0 N–H and O–H groups in total. The smallest absolute Gasteiger partial charge is 0.222 e. The molecule has 0 spiro atoms. The van der Waals surface area contributed by atoms with Gasteiger partial charge in [0.15, 0.2) is 11.5 Å². The number of carbonyl (C=O) groups excluding carboxylic acids is 1. The lowest BCUT2D eigenvalue weighted by Crippen LogP contribution is -2.38. The van der Waals surface area contributed by atoms with Gasteiger partial charge in [0.2, 0.25) is 5.91 Å². The van der Waals surface area contributed by atoms with Crippen LogP contribution in [0.15, 0.2) is 12.1 Å². The number of amides is 1. The Morgan fingerprint density at radius 2 is 1.73 bits per heavy atom. The number of methoxy groups -OCH3 is 2. The Bertz CT molecular complexity index is 559. The molecule has 0 aliphatic carbocycles. The number of fused-ring (bicyclic) bond motifs is 1. The van der Waals surface area contributed by atoms with Gasteiger partial charge >= 0.3 is 0 Å². The van der Waals surface area contributed by atoms with Crippen LogP contribution in [0.25, 0.3) is 0 Å². The van der Waals surface area contributed by atoms with E-state index in [2.05, 4.69) is 17.0 Å². The Labute approximate surface area is 131 Å². The third-order valence-corrected chi connectivity index (χ3v) is 4.65. The van der Waals surface area contributed by atoms with Crippen molar-refractivity contribution in [3.05, 3.63) is 23.3 Å². The van der Waals surface area contributed by atoms with Crippen molar-refractivity contribution in [1.29, 1.82) is 0 Å². The first-order valence-electron chi connectivity index (χ1n) is 7.95. The summed E-state index contributed by atoms with van der Waals surface area (Å²) in [4.78, 5) is 16.1. The lowest BCUT2D eigenvalue weighted by molar-refractivity contribution is -0.127. The number of nitrogens with zero attached hydrogens (tertiary/aromatic N) is 2. The second kappa shape index (κ2) is 6.57. The predicted molar refractivity (Wildman–Crippen MR) is 84.3 cm³/mol. The topological polar surface area (TPSA) is 42.0 Å². The van der Waals surface area contributed by atoms with E-state index < -0.39 is 0 Å². The maximum Gasteiger partial charge on any atom is 0.222 e. The average molecular weight is 304 g/mol. The summed E-state index contributed by atoms with van der Waals surface area (Å²) in [6.07, 6.45) is 2.75. The summed E-state index contributed by atoms with van der Waals surface area (Å²) in [5, 5.41) is 0. The van der Waals surface area contributed by atoms with E-state index in [9.17, 15) is 4.79 Å². The van der Waals surface area contributed by atoms with E-state index in [1.807, 2.05) is 4.90 Å². The second-order valence-electron chi connectivity index (χ2n) is 5.99. The average Bonchev–Trinajstić information content (AvgIpc) is 2.96. The second-order valence-corrected chi connectivity index (χ2v) is 5.99. The van der Waals surface area contributed by atoms with Crippen LogP contribution >= 0.6 is 0 Å². The molecule has 120 valence electrons. The van der Waals surface area contributed by atoms with Gasteiger partial charge in [-0.3, -0.25) is 9.69 Å². The first-order chi connectivity index (χ1) is 10.7. The number of rotatable bonds is 5. The zero-order valence-corrected chi connectivity index (χ0v) is 13.4. The molecule has 5 nitrogen and oxygen atoms in total. The Hall–Kier alpha value is -1.75. The highest BCUT2D eigenvalue weighted by Crippen LogP contribution is 2.33. The van der Waals surface area contributed by atoms with E-state index >= 15 is 0 Å². The van der Waals surface area contributed by atoms with Crippen LogP contribution in [0, 0.1) is 0 Å². The summed E-state index contributed by atoms with van der Waals surface area (Å²) in [5.74, 6) is 1.90. The molecule has 0 radical (unpaired) electrons. The molecule has 0 unspecified atom stereocenters. The summed E-state index contributed by atoms with van der Waals surface area (Å²) in [6.45, 7) is 4.66. The van der Waals surface area contributed by atoms with Gasteiger partial charge < -0.3 is 14.4 Å². The van der Waals surface area contributed by atoms with E-state index in [4.69, 9.17) is 9.47 Å². The fourth-order valence-corrected chi connectivity index (χ4v) is 3.34. The number of ether oxygens (including phenoxy) is 2. The monoisotopic (exact) mass is 304 g/mol. The summed E-state index contributed by atoms with van der Waals surface area (Å²) in [7, 11) is 3.34. The Morgan fingerprint density at radius 3 is 2.36 bits per heavy atom. The quantitative estimate of drug-likeness (QED) is 0.830. The van der Waals surface area contributed by atoms with Gasteiger partial charge in [-0.25, -0.2) is 0 Å². The van der Waals surface area contributed by atoms with Crippen LogP contribution in [0.4, 0.5) is 0 Å². The molecule has 1 fully saturated rings. The van der Waals surface area contributed by atoms with Crippen molar-refractivity contribution in [2.45, 2.75) is 25.8 Å². The number of likely N-dealkylation sites (tertiary alicyclic amines) is 1. The maximum atomic E-state index is 11.7. The zero-order chi connectivity index (χ0) is 15.5. The normalized spacial score (nSPS) is 18.5. The van der Waals surface area contributed by atoms with Crippen molar-refractivity contribution >= 4 is 5.91 Å². The van der Waals surface area contributed by atoms with Crippen molar-refractivity contribution < 1.29 is 14.3 Å². The molecular formula is C17H24N2O3. The van der Waals surface area contributed by atoms with Gasteiger partial charge in [0.1, 0.15) is 0 Å². The number of hydrogen-bond acceptors (Lipinski definition) is 4. The Balaban J connectivity index is 1.64. The van der Waals surface area contributed by atoms with Gasteiger partial charge in [-0.1, -0.05) is 0 Å². The minimum atomic E-state index is 0.309. The lowest BCUT2D eigenvalue weighted by atomic mass is 9.99. The minimum Gasteiger partial charge on any atom is -0.493 e. The first kappa shape index (κ1) is 15.2. The van der Waals surface area contributed by atoms with E-state index in [-0.39, 0.29) is 0 Å². The highest BCUT2D eigenvalue weighted by Gasteiger charge is 2.23. The van der Waals surface area contributed by atoms with E-state index in [0.29, 0.717) is 5.91 Å². The molecule has 5 heteroatoms. The first-order valence-corrected chi connectivity index (χ1v) is 7.95. The molecule has 0 bridgehead atoms. The predicted octanol–water partition coefficient (Wildman–Crippen LogP) is 1.68. The molecule has 2 aliphatic rings. The fourth-order valence-electron chi connectivity index (χ4n) is 3.34. The van der Waals surface area contributed by atoms with Gasteiger partial charge in [-0.2, -0.15) is 0 Å². The van der Waals surface area contributed by atoms with Crippen molar-refractivity contribution in [3.8, 4) is 11.5 Å². The summed E-state index contributed by atoms with van der Waals surface area (Å²) in [6, 6.07) is 4.18. The highest BCUT2D eigenvalue weighted by atomic mass is 16.5. The van der Waals surface area contributed by atoms with Gasteiger partial charge in [0.05, 0.1) is 14.2 Å². The Morgan fingerprint density at radius 1 is 1.00 bits per heavy atom. The summed E-state index contributed by atoms with van der Waals surface area (Å²) in [5.41, 5.74) is 2.64. The van der Waals surface area contributed by atoms with Gasteiger partial charge in [0, 0.05) is 39.1 Å². The minimum absolute atomic E-state index is 0.309. The highest BCUT2D eigenvalue weighted by molar-refractivity contribution is 5.78. The molecule has 0 atom stereocenters. The molecule has 1 aromatic rings. The zero-order valence-electron chi connectivity index (χ0n) is 13.4. The van der Waals surface area contributed by atoms with Crippen molar-refractivity contribution in [2.75, 3.05) is 40.4 Å². The largest absolute Gasteiger partial charge is 0.493 e. The van der Waals surface area contributed by atoms with E-state index in [1.165, 1.54) is 11.1 Å². The van der Waals surface area contributed by atoms with Gasteiger partial charge in [-0.05, 0) is 36.1 Å². The van der Waals surface area contributed by atoms with Gasteiger partial charge in [-0.15, -0.1) is 0 Å². The lowest BCUT2D eigenvalue weighted by Gasteiger charge is -2.30. The molecular weight excluding hydrogens is 280 g/mol. The van der Waals surface area contributed by atoms with Crippen molar-refractivity contribution in [3.63, 3.8) is 0 Å². The number of benzene rings is 1. The van der Waals surface area contributed by atoms with Crippen LogP contribution in [-0.2, 0) is 17.8 Å². The maximum absolute atomic E-state index is 11.7. The van der Waals surface area contributed by atoms with Crippen LogP contribution in [-0.4, -0.2) is 56.1 Å². The van der Waals surface area contributed by atoms with E-state index in [1.54, 1.807) is 14.2 Å². The molecule has 2 aliphatic heterocycles. The third-order valence-electron chi connectivity index (χ3n) is 4.65. The molecule has 22 heavy (non-hydrogen) atoms. The molecule has 3 rings (SSSR count). The van der Waals surface area contributed by atoms with Crippen molar-refractivity contribution in [1.82, 2.24) is 9.80 Å². The van der Waals surface area contributed by atoms with Crippen LogP contribution in [0.1, 0.15) is 24.0 Å². The van der Waals surface area contributed by atoms with Crippen LogP contribution < -0.4 is 9.47 Å². The molecule has 1 aromatic carbocycles. The third kappa shape index (κ3) is 3.04. The van der Waals surface area contributed by atoms with Crippen LogP contribution in [0.5, 0.6) is 11.5 Å². The SMILES string of the molecule is COc1cc2c(cc1OC)CN(CCN1CCCC1=O)CC2. The Kier molecular flexibility index (Phi) is 4.52. The summed E-state index contributed by atoms with van der Waals surface area (Å²) >= 11 is 0. The molecule has 0 aromatic heterocycles. The van der Waals surface area contributed by atoms with Crippen molar-refractivity contribution in [2.24, 2.45) is 0 Å². The number of carbonyl (C=O) groups is 1. The molecule has 0 saturated carbocycles. The van der Waals surface area contributed by atoms with Crippen LogP contribution in [0.2, 0.25) is 0 Å². The fraction of sp³-hybridized carbons (Fsp3) is 0.588. The molecule has 1 saturated heterocycles. The standard InChI is InChI=1S/C17H24N2O3/c1-21-15-10-13-5-7-18(12-14(13)11-16(15)22-2)8-9-19-6-3-4-17(19)20/h10-11H,3-9,12H2,1-2H3.